The van der Waals surface area contributed by atoms with Gasteiger partial charge in [-0.25, -0.2) is 4.37 Å². The highest BCUT2D eigenvalue weighted by Crippen LogP contribution is 2.38. The molecule has 0 aromatic carbocycles. The molecule has 5 heterocycles. The summed E-state index contributed by atoms with van der Waals surface area (Å²) < 4.78 is 17.2. The third kappa shape index (κ3) is 18.7. The van der Waals surface area contributed by atoms with E-state index < -0.39 is 0 Å². The quantitative estimate of drug-likeness (QED) is 0.154. The second kappa shape index (κ2) is 21.6. The molecule has 0 atom stereocenters. The van der Waals surface area contributed by atoms with E-state index in [-0.39, 0.29) is 54.1 Å². The number of rotatable bonds is 0. The Morgan fingerprint density at radius 1 is 0.433 bits per heavy atom. The zero-order valence-electron chi connectivity index (χ0n) is 49.1. The van der Waals surface area contributed by atoms with Gasteiger partial charge in [-0.1, -0.05) is 219 Å². The summed E-state index contributed by atoms with van der Waals surface area (Å²) in [5, 5.41) is 8.25. The Balaban J connectivity index is 0.000000419. The summed E-state index contributed by atoms with van der Waals surface area (Å²) >= 11 is 1.63. The molecule has 5 aromatic heterocycles. The molecule has 0 amide bonds. The fraction of sp³-hybridized carbons (Fsp3) is 0.695. The van der Waals surface area contributed by atoms with Crippen molar-refractivity contribution in [2.24, 2.45) is 7.05 Å². The number of nitrogens with zero attached hydrogens (tertiary/aromatic N) is 5. The number of furan rings is 1. The second-order valence-corrected chi connectivity index (χ2v) is 29.5. The van der Waals surface area contributed by atoms with Crippen molar-refractivity contribution in [3.8, 4) is 0 Å². The number of aryl methyl sites for hydroxylation is 1. The molecule has 0 aliphatic heterocycles. The van der Waals surface area contributed by atoms with Crippen LogP contribution >= 0.6 is 11.5 Å². The van der Waals surface area contributed by atoms with Crippen LogP contribution in [0, 0.1) is 0 Å². The molecule has 67 heavy (non-hydrogen) atoms. The lowest BCUT2D eigenvalue weighted by molar-refractivity contribution is 0.322. The monoisotopic (exact) mass is 944 g/mol. The van der Waals surface area contributed by atoms with E-state index in [0.717, 1.165) is 11.5 Å². The van der Waals surface area contributed by atoms with E-state index in [1.54, 1.807) is 17.8 Å². The maximum Gasteiger partial charge on any atom is 0.145 e. The van der Waals surface area contributed by atoms with Crippen molar-refractivity contribution in [1.82, 2.24) is 24.3 Å². The first kappa shape index (κ1) is 61.5. The van der Waals surface area contributed by atoms with Gasteiger partial charge < -0.3 is 8.94 Å². The van der Waals surface area contributed by atoms with Gasteiger partial charge in [0.2, 0.25) is 0 Å². The smallest absolute Gasteiger partial charge is 0.145 e. The standard InChI is InChI=1S/C13H21N.C12H22N2.C12H20O.C11H19NO.C11H19NS/c1-12(2,3)10-8-7-9-14-11(10)13(4,5)6;1-11(2,3)9-8-13-14(7)10(9)12(4,5)6;1-11(2,3)9-7-8-13-10(9)12(4,5)6;2*1-10(2,3)8-7-12-13-9(8)11(4,5)6/h7-9H,1-6H3;8H,1-7H3;7-8H,1-6H3;2*7H,1-6H3. The number of hydrogen-bond donors (Lipinski definition) is 0. The minimum atomic E-state index is 0.0408. The van der Waals surface area contributed by atoms with Crippen molar-refractivity contribution in [1.29, 1.82) is 0 Å². The minimum absolute atomic E-state index is 0.0408. The van der Waals surface area contributed by atoms with E-state index >= 15 is 0 Å². The molecular formula is C59H101N5O2S. The van der Waals surface area contributed by atoms with E-state index in [0.29, 0.717) is 0 Å². The Morgan fingerprint density at radius 3 is 1.21 bits per heavy atom. The molecule has 0 aliphatic carbocycles. The summed E-state index contributed by atoms with van der Waals surface area (Å²) in [5.41, 5.74) is 10.7. The van der Waals surface area contributed by atoms with Crippen LogP contribution in [0.2, 0.25) is 0 Å². The van der Waals surface area contributed by atoms with Crippen LogP contribution in [-0.4, -0.2) is 24.3 Å². The predicted octanol–water partition coefficient (Wildman–Crippen LogP) is 17.6. The SMILES string of the molecule is CC(C)(C)c1cccnc1C(C)(C)C.CC(C)(C)c1ccoc1C(C)(C)C.CC(C)(C)c1cnoc1C(C)(C)C.CC(C)(C)c1cnsc1C(C)(C)C.Cn1ncc(C(C)(C)C)c1C(C)(C)C. The van der Waals surface area contributed by atoms with Crippen LogP contribution < -0.4 is 0 Å². The summed E-state index contributed by atoms with van der Waals surface area (Å²) in [6.45, 7) is 66.4. The highest BCUT2D eigenvalue weighted by atomic mass is 32.1. The average Bonchev–Trinajstić information content (AvgIpc) is 3.92. The van der Waals surface area contributed by atoms with Crippen LogP contribution in [-0.2, 0) is 61.2 Å². The van der Waals surface area contributed by atoms with Gasteiger partial charge in [-0.3, -0.25) is 9.67 Å². The minimum Gasteiger partial charge on any atom is -0.468 e. The van der Waals surface area contributed by atoms with Crippen LogP contribution in [0.5, 0.6) is 0 Å². The molecule has 0 unspecified atom stereocenters. The highest BCUT2D eigenvalue weighted by Gasteiger charge is 2.32. The fourth-order valence-electron chi connectivity index (χ4n) is 7.59. The van der Waals surface area contributed by atoms with E-state index in [1.807, 2.05) is 42.6 Å². The molecule has 0 aliphatic rings. The van der Waals surface area contributed by atoms with Gasteiger partial charge in [0, 0.05) is 62.9 Å². The van der Waals surface area contributed by atoms with Crippen LogP contribution in [0.15, 0.2) is 58.2 Å². The van der Waals surface area contributed by atoms with Crippen LogP contribution in [0.4, 0.5) is 0 Å². The Morgan fingerprint density at radius 2 is 0.896 bits per heavy atom. The lowest BCUT2D eigenvalue weighted by atomic mass is 9.78. The van der Waals surface area contributed by atoms with Gasteiger partial charge in [0.05, 0.1) is 18.7 Å². The third-order valence-electron chi connectivity index (χ3n) is 11.1. The third-order valence-corrected chi connectivity index (χ3v) is 12.3. The summed E-state index contributed by atoms with van der Waals surface area (Å²) in [4.78, 5) is 5.93. The van der Waals surface area contributed by atoms with Gasteiger partial charge in [-0.15, -0.1) is 0 Å². The number of pyridine rings is 1. The van der Waals surface area contributed by atoms with Crippen molar-refractivity contribution in [3.63, 3.8) is 0 Å². The Hall–Kier alpha value is -3.52. The van der Waals surface area contributed by atoms with Crippen molar-refractivity contribution in [2.75, 3.05) is 0 Å². The molecule has 0 bridgehead atoms. The van der Waals surface area contributed by atoms with Gasteiger partial charge in [-0.05, 0) is 78.4 Å². The summed E-state index contributed by atoms with van der Waals surface area (Å²) in [5.74, 6) is 2.11. The van der Waals surface area contributed by atoms with Gasteiger partial charge in [-0.2, -0.15) is 5.10 Å². The zero-order valence-corrected chi connectivity index (χ0v) is 49.9. The van der Waals surface area contributed by atoms with E-state index in [9.17, 15) is 0 Å². The molecule has 0 saturated heterocycles. The van der Waals surface area contributed by atoms with Gasteiger partial charge in [0.15, 0.2) is 0 Å². The maximum atomic E-state index is 5.56. The molecule has 8 heteroatoms. The lowest BCUT2D eigenvalue weighted by Crippen LogP contribution is -2.23. The van der Waals surface area contributed by atoms with Crippen molar-refractivity contribution >= 4 is 11.5 Å². The van der Waals surface area contributed by atoms with Crippen molar-refractivity contribution in [2.45, 2.75) is 262 Å². The molecule has 5 aromatic rings. The first-order valence-electron chi connectivity index (χ1n) is 24.5. The second-order valence-electron chi connectivity index (χ2n) is 28.7. The molecule has 5 rings (SSSR count). The van der Waals surface area contributed by atoms with E-state index in [2.05, 4.69) is 239 Å². The van der Waals surface area contributed by atoms with Crippen LogP contribution in [0.25, 0.3) is 0 Å². The van der Waals surface area contributed by atoms with Gasteiger partial charge in [0.1, 0.15) is 11.5 Å². The number of aromatic nitrogens is 5. The summed E-state index contributed by atoms with van der Waals surface area (Å²) in [6, 6.07) is 6.30. The normalized spacial score (nSPS) is 13.3. The Kier molecular flexibility index (Phi) is 19.9. The first-order valence-corrected chi connectivity index (χ1v) is 25.3. The van der Waals surface area contributed by atoms with Crippen molar-refractivity contribution in [3.05, 3.63) is 105 Å². The largest absolute Gasteiger partial charge is 0.468 e. The maximum absolute atomic E-state index is 5.56. The average molecular weight is 945 g/mol. The molecule has 0 saturated carbocycles. The molecule has 0 radical (unpaired) electrons. The number of hydrogen-bond acceptors (Lipinski definition) is 7. The molecular weight excluding hydrogens is 843 g/mol. The highest BCUT2D eigenvalue weighted by molar-refractivity contribution is 7.06. The van der Waals surface area contributed by atoms with E-state index in [4.69, 9.17) is 8.94 Å². The van der Waals surface area contributed by atoms with Crippen LogP contribution in [0.3, 0.4) is 0 Å². The van der Waals surface area contributed by atoms with E-state index in [1.165, 1.54) is 44.1 Å². The predicted molar refractivity (Wildman–Crippen MR) is 292 cm³/mol. The Labute approximate surface area is 416 Å². The Bertz CT molecular complexity index is 1980. The van der Waals surface area contributed by atoms with Crippen molar-refractivity contribution < 1.29 is 8.94 Å². The summed E-state index contributed by atoms with van der Waals surface area (Å²) in [7, 11) is 2.02. The first-order chi connectivity index (χ1) is 29.5. The van der Waals surface area contributed by atoms with Crippen LogP contribution in [0.1, 0.15) is 263 Å². The fourth-order valence-corrected chi connectivity index (χ4v) is 8.59. The molecule has 380 valence electrons. The zero-order chi connectivity index (χ0) is 53.0. The molecule has 0 spiro atoms. The molecule has 7 nitrogen and oxygen atoms in total. The summed E-state index contributed by atoms with van der Waals surface area (Å²) in [6.07, 6.45) is 9.53. The van der Waals surface area contributed by atoms with Gasteiger partial charge in [0.25, 0.3) is 0 Å². The lowest BCUT2D eigenvalue weighted by Gasteiger charge is -2.28. The molecule has 0 N–H and O–H groups in total. The van der Waals surface area contributed by atoms with Gasteiger partial charge >= 0.3 is 0 Å². The molecule has 0 fully saturated rings. The topological polar surface area (TPSA) is 82.8 Å².